The van der Waals surface area contributed by atoms with Crippen molar-refractivity contribution in [3.8, 4) is 5.75 Å². The van der Waals surface area contributed by atoms with E-state index in [4.69, 9.17) is 0 Å². The maximum absolute atomic E-state index is 11.2. The molecule has 0 saturated carbocycles. The lowest BCUT2D eigenvalue weighted by molar-refractivity contribution is 0.0595. The molecule has 0 bridgehead atoms. The van der Waals surface area contributed by atoms with Crippen molar-refractivity contribution in [3.63, 3.8) is 0 Å². The number of carbonyl (C=O) groups is 1. The van der Waals surface area contributed by atoms with Crippen molar-refractivity contribution in [2.45, 2.75) is 0 Å². The van der Waals surface area contributed by atoms with Gasteiger partial charge in [-0.2, -0.15) is 0 Å². The number of methoxy groups -OCH3 is 1. The molecule has 1 heterocycles. The molecule has 78 valence electrons. The van der Waals surface area contributed by atoms with Crippen LogP contribution in [0.5, 0.6) is 5.75 Å². The lowest BCUT2D eigenvalue weighted by atomic mass is 10.2. The van der Waals surface area contributed by atoms with Gasteiger partial charge in [-0.3, -0.25) is 0 Å². The highest BCUT2D eigenvalue weighted by Gasteiger charge is 2.11. The summed E-state index contributed by atoms with van der Waals surface area (Å²) in [6.07, 6.45) is 0. The van der Waals surface area contributed by atoms with E-state index in [-0.39, 0.29) is 5.75 Å². The van der Waals surface area contributed by atoms with Crippen molar-refractivity contribution < 1.29 is 14.6 Å². The maximum atomic E-state index is 11.2. The molecular formula is C10H8BrNO3. The van der Waals surface area contributed by atoms with Gasteiger partial charge in [0.15, 0.2) is 0 Å². The van der Waals surface area contributed by atoms with Crippen LogP contribution in [0.3, 0.4) is 0 Å². The van der Waals surface area contributed by atoms with Gasteiger partial charge in [0.1, 0.15) is 11.4 Å². The normalized spacial score (nSPS) is 10.5. The van der Waals surface area contributed by atoms with Crippen LogP contribution in [0.15, 0.2) is 22.7 Å². The van der Waals surface area contributed by atoms with Gasteiger partial charge in [-0.25, -0.2) is 4.79 Å². The SMILES string of the molecule is COC(=O)c1cc2c(Br)cc(O)cc2[nH]1. The van der Waals surface area contributed by atoms with Crippen LogP contribution in [-0.2, 0) is 4.74 Å². The summed E-state index contributed by atoms with van der Waals surface area (Å²) in [6, 6.07) is 4.79. The predicted molar refractivity (Wildman–Crippen MR) is 59.0 cm³/mol. The summed E-state index contributed by atoms with van der Waals surface area (Å²) in [7, 11) is 1.32. The first-order valence-corrected chi connectivity index (χ1v) is 5.00. The van der Waals surface area contributed by atoms with Gasteiger partial charge in [-0.05, 0) is 28.1 Å². The molecule has 2 N–H and O–H groups in total. The van der Waals surface area contributed by atoms with E-state index in [9.17, 15) is 9.90 Å². The number of hydrogen-bond donors (Lipinski definition) is 2. The van der Waals surface area contributed by atoms with Crippen LogP contribution in [0.2, 0.25) is 0 Å². The second-order valence-electron chi connectivity index (χ2n) is 3.06. The molecule has 4 nitrogen and oxygen atoms in total. The molecule has 2 rings (SSSR count). The van der Waals surface area contributed by atoms with Crippen molar-refractivity contribution in [2.24, 2.45) is 0 Å². The summed E-state index contributed by atoms with van der Waals surface area (Å²) in [5.74, 6) is -0.301. The van der Waals surface area contributed by atoms with E-state index in [1.165, 1.54) is 7.11 Å². The number of H-pyrrole nitrogens is 1. The lowest BCUT2D eigenvalue weighted by Crippen LogP contribution is -2.00. The zero-order valence-corrected chi connectivity index (χ0v) is 9.46. The molecule has 2 aromatic rings. The number of carbonyl (C=O) groups excluding carboxylic acids is 1. The summed E-state index contributed by atoms with van der Waals surface area (Å²) in [6.45, 7) is 0. The molecule has 0 amide bonds. The quantitative estimate of drug-likeness (QED) is 0.782. The van der Waals surface area contributed by atoms with Crippen molar-refractivity contribution in [1.29, 1.82) is 0 Å². The molecule has 5 heteroatoms. The van der Waals surface area contributed by atoms with Crippen LogP contribution in [0.1, 0.15) is 10.5 Å². The second-order valence-corrected chi connectivity index (χ2v) is 3.92. The Bertz CT molecular complexity index is 533. The van der Waals surface area contributed by atoms with E-state index >= 15 is 0 Å². The van der Waals surface area contributed by atoms with Gasteiger partial charge in [-0.15, -0.1) is 0 Å². The average Bonchev–Trinajstić information content (AvgIpc) is 2.60. The monoisotopic (exact) mass is 269 g/mol. The smallest absolute Gasteiger partial charge is 0.354 e. The Labute approximate surface area is 94.0 Å². The number of halogens is 1. The van der Waals surface area contributed by atoms with Crippen LogP contribution >= 0.6 is 15.9 Å². The number of aromatic hydroxyl groups is 1. The van der Waals surface area contributed by atoms with E-state index in [1.54, 1.807) is 18.2 Å². The first-order chi connectivity index (χ1) is 7.11. The Balaban J connectivity index is 2.65. The topological polar surface area (TPSA) is 62.3 Å². The third kappa shape index (κ3) is 1.70. The number of benzene rings is 1. The number of aromatic amines is 1. The van der Waals surface area contributed by atoms with E-state index in [1.807, 2.05) is 0 Å². The molecule has 0 aliphatic heterocycles. The van der Waals surface area contributed by atoms with Gasteiger partial charge in [0.2, 0.25) is 0 Å². The molecule has 0 radical (unpaired) electrons. The van der Waals surface area contributed by atoms with Crippen molar-refractivity contribution in [2.75, 3.05) is 7.11 Å². The minimum absolute atomic E-state index is 0.132. The third-order valence-corrected chi connectivity index (χ3v) is 2.73. The van der Waals surface area contributed by atoms with Crippen LogP contribution in [-0.4, -0.2) is 23.2 Å². The number of nitrogens with one attached hydrogen (secondary N) is 1. The Hall–Kier alpha value is -1.49. The van der Waals surface area contributed by atoms with Crippen LogP contribution in [0, 0.1) is 0 Å². The first-order valence-electron chi connectivity index (χ1n) is 4.21. The number of rotatable bonds is 1. The second kappa shape index (κ2) is 3.58. The fourth-order valence-electron chi connectivity index (χ4n) is 1.40. The standard InChI is InChI=1S/C10H8BrNO3/c1-15-10(14)9-4-6-7(11)2-5(13)3-8(6)12-9/h2-4,12-13H,1H3. The van der Waals surface area contributed by atoms with E-state index in [0.717, 1.165) is 9.86 Å². The van der Waals surface area contributed by atoms with E-state index in [0.29, 0.717) is 11.2 Å². The lowest BCUT2D eigenvalue weighted by Gasteiger charge is -1.95. The van der Waals surface area contributed by atoms with Crippen molar-refractivity contribution >= 4 is 32.8 Å². The maximum Gasteiger partial charge on any atom is 0.354 e. The van der Waals surface area contributed by atoms with Crippen LogP contribution in [0.25, 0.3) is 10.9 Å². The molecule has 0 saturated heterocycles. The molecule has 1 aromatic carbocycles. The van der Waals surface area contributed by atoms with Gasteiger partial charge in [-0.1, -0.05) is 0 Å². The summed E-state index contributed by atoms with van der Waals surface area (Å²) in [5, 5.41) is 10.2. The molecule has 1 aromatic heterocycles. The van der Waals surface area contributed by atoms with Crippen molar-refractivity contribution in [3.05, 3.63) is 28.4 Å². The number of phenolic OH excluding ortho intramolecular Hbond substituents is 1. The van der Waals surface area contributed by atoms with Crippen LogP contribution < -0.4 is 0 Å². The third-order valence-electron chi connectivity index (χ3n) is 2.08. The predicted octanol–water partition coefficient (Wildman–Crippen LogP) is 2.42. The Morgan fingerprint density at radius 1 is 1.47 bits per heavy atom. The summed E-state index contributed by atoms with van der Waals surface area (Å²) < 4.78 is 5.31. The number of fused-ring (bicyclic) bond motifs is 1. The summed E-state index contributed by atoms with van der Waals surface area (Å²) >= 11 is 3.30. The minimum Gasteiger partial charge on any atom is -0.508 e. The zero-order chi connectivity index (χ0) is 11.0. The largest absolute Gasteiger partial charge is 0.508 e. The highest BCUT2D eigenvalue weighted by molar-refractivity contribution is 9.10. The molecule has 0 aliphatic carbocycles. The molecule has 0 fully saturated rings. The number of hydrogen-bond acceptors (Lipinski definition) is 3. The Morgan fingerprint density at radius 3 is 2.87 bits per heavy atom. The van der Waals surface area contributed by atoms with Gasteiger partial charge in [0, 0.05) is 15.9 Å². The average molecular weight is 270 g/mol. The highest BCUT2D eigenvalue weighted by Crippen LogP contribution is 2.29. The molecule has 15 heavy (non-hydrogen) atoms. The minimum atomic E-state index is -0.433. The zero-order valence-electron chi connectivity index (χ0n) is 7.87. The highest BCUT2D eigenvalue weighted by atomic mass is 79.9. The molecule has 0 aliphatic rings. The van der Waals surface area contributed by atoms with Gasteiger partial charge >= 0.3 is 5.97 Å². The van der Waals surface area contributed by atoms with Crippen molar-refractivity contribution in [1.82, 2.24) is 4.98 Å². The van der Waals surface area contributed by atoms with Gasteiger partial charge in [0.25, 0.3) is 0 Å². The number of phenols is 1. The number of ether oxygens (including phenoxy) is 1. The van der Waals surface area contributed by atoms with E-state index < -0.39 is 5.97 Å². The Morgan fingerprint density at radius 2 is 2.20 bits per heavy atom. The summed E-state index contributed by atoms with van der Waals surface area (Å²) in [4.78, 5) is 14.1. The van der Waals surface area contributed by atoms with Gasteiger partial charge < -0.3 is 14.8 Å². The van der Waals surface area contributed by atoms with Gasteiger partial charge in [0.05, 0.1) is 12.6 Å². The number of aromatic nitrogens is 1. The van der Waals surface area contributed by atoms with Crippen LogP contribution in [0.4, 0.5) is 0 Å². The molecule has 0 atom stereocenters. The molecule has 0 unspecified atom stereocenters. The fraction of sp³-hybridized carbons (Fsp3) is 0.100. The molecular weight excluding hydrogens is 262 g/mol. The first kappa shape index (κ1) is 10.0. The fourth-order valence-corrected chi connectivity index (χ4v) is 1.96. The van der Waals surface area contributed by atoms with E-state index in [2.05, 4.69) is 25.7 Å². The summed E-state index contributed by atoms with van der Waals surface area (Å²) in [5.41, 5.74) is 1.04. The molecule has 0 spiro atoms. The Kier molecular flexibility index (Phi) is 2.40. The number of esters is 1.